The van der Waals surface area contributed by atoms with Gasteiger partial charge < -0.3 is 9.47 Å². The Bertz CT molecular complexity index is 6640. The van der Waals surface area contributed by atoms with Crippen molar-refractivity contribution in [1.82, 2.24) is 13.3 Å². The molecule has 0 fully saturated rings. The van der Waals surface area contributed by atoms with Gasteiger partial charge in [-0.2, -0.15) is 8.75 Å². The van der Waals surface area contributed by atoms with Crippen molar-refractivity contribution in [3.8, 4) is 128 Å². The minimum Gasteiger partial charge on any atom is -0.309 e. The molecule has 0 unspecified atom stereocenters. The Kier molecular flexibility index (Phi) is 14.6. The minimum atomic E-state index is -0.101. The highest BCUT2D eigenvalue weighted by molar-refractivity contribution is 7.00. The van der Waals surface area contributed by atoms with Crippen LogP contribution in [0.1, 0.15) is 99.9 Å². The lowest BCUT2D eigenvalue weighted by Gasteiger charge is -2.26. The van der Waals surface area contributed by atoms with Crippen LogP contribution in [0.3, 0.4) is 0 Å². The van der Waals surface area contributed by atoms with Crippen molar-refractivity contribution >= 4 is 61.6 Å². The number of nitrogens with zero attached hydrogens (tertiary/aromatic N) is 4. The third-order valence-corrected chi connectivity index (χ3v) is 26.7. The Morgan fingerprint density at radius 1 is 0.230 bits per heavy atom. The maximum atomic E-state index is 5.19. The zero-order valence-corrected chi connectivity index (χ0v) is 65.3. The number of rotatable bonds is 11. The average molecular weight is 1470 g/mol. The molecule has 538 valence electrons. The van der Waals surface area contributed by atoms with Crippen LogP contribution in [0.15, 0.2) is 340 Å². The monoisotopic (exact) mass is 1460 g/mol. The maximum absolute atomic E-state index is 5.19. The molecule has 4 aliphatic carbocycles. The van der Waals surface area contributed by atoms with E-state index in [2.05, 4.69) is 405 Å². The second-order valence-corrected chi connectivity index (χ2v) is 34.3. The molecular formula is C108H80N4S. The van der Waals surface area contributed by atoms with Crippen molar-refractivity contribution < 1.29 is 0 Å². The molecule has 0 saturated heterocycles. The molecule has 0 saturated carbocycles. The molecule has 0 spiro atoms. The largest absolute Gasteiger partial charge is 0.309 e. The molecule has 18 aromatic rings. The summed E-state index contributed by atoms with van der Waals surface area (Å²) in [6, 6.07) is 128. The molecule has 2 heterocycles. The number of anilines is 3. The van der Waals surface area contributed by atoms with E-state index in [1.165, 1.54) is 178 Å². The number of aromatic nitrogens is 3. The lowest BCUT2D eigenvalue weighted by atomic mass is 9.81. The SMILES string of the molecule is CC1(C)c2ccccc2-c2ccc(-c3ccc(-c4ccc5c(c4)c4cc(-c6ccc(-c7ccc8c(c7)C(C)(C)c7ccccc7-8)cc6)ccc4n5-c4ccc(-c5ccc(N(c6ccc(-c7ccc8c(c7)C(C)(C)c7ccccc7-8)cc6)c6ccc(-c7ccc8c(c7)C(C)(C)c7ccccc7-8)cc6)c6nsnc56)cc4)cc3)cc21. The normalized spacial score (nSPS) is 14.5. The predicted octanol–water partition coefficient (Wildman–Crippen LogP) is 29.2. The molecule has 0 bridgehead atoms. The number of hydrogen-bond acceptors (Lipinski definition) is 4. The molecule has 16 aromatic carbocycles. The first-order chi connectivity index (χ1) is 55.0. The topological polar surface area (TPSA) is 34.0 Å². The van der Waals surface area contributed by atoms with Gasteiger partial charge in [0.2, 0.25) is 0 Å². The Morgan fingerprint density at radius 2 is 0.496 bits per heavy atom. The zero-order chi connectivity index (χ0) is 76.0. The third kappa shape index (κ3) is 10.2. The molecule has 4 aliphatic rings. The van der Waals surface area contributed by atoms with Gasteiger partial charge >= 0.3 is 0 Å². The van der Waals surface area contributed by atoms with Crippen LogP contribution >= 0.6 is 11.7 Å². The highest BCUT2D eigenvalue weighted by Crippen LogP contribution is 2.55. The van der Waals surface area contributed by atoms with Gasteiger partial charge in [0.25, 0.3) is 0 Å². The van der Waals surface area contributed by atoms with Crippen molar-refractivity contribution in [1.29, 1.82) is 0 Å². The number of benzene rings is 16. The predicted molar refractivity (Wildman–Crippen MR) is 475 cm³/mol. The summed E-state index contributed by atoms with van der Waals surface area (Å²) in [4.78, 5) is 2.36. The van der Waals surface area contributed by atoms with Crippen LogP contribution in [0.5, 0.6) is 0 Å². The summed E-state index contributed by atoms with van der Waals surface area (Å²) >= 11 is 1.27. The van der Waals surface area contributed by atoms with Gasteiger partial charge in [-0.15, -0.1) is 0 Å². The first kappa shape index (κ1) is 66.9. The van der Waals surface area contributed by atoms with Crippen molar-refractivity contribution in [3.05, 3.63) is 384 Å². The van der Waals surface area contributed by atoms with Crippen LogP contribution in [0.4, 0.5) is 17.1 Å². The standard InChI is InChI=1S/C108H80N4S/c1-105(2)92-21-13-9-17-82(92)86-51-39-74(61-96(86)105)67-29-25-65(26-30-67)72-43-56-100-90(59-72)91-60-73(66-27-31-68(32-28-66)75-40-52-87-83-18-10-14-22-93(83)106(3,4)97(87)62-75)44-57-101(91)112(100)80-49-37-71(38-50-80)81-55-58-102(104-103(81)109-113-110-104)111(78-45-33-69(34-46-78)76-41-53-88-84-19-11-15-23-94(84)107(5,6)98(88)63-76)79-47-35-70(36-48-79)77-42-54-89-85-20-12-16-24-95(85)108(7,8)99(89)64-77/h9-64H,1-8H3. The van der Waals surface area contributed by atoms with E-state index in [0.29, 0.717) is 0 Å². The summed E-state index contributed by atoms with van der Waals surface area (Å²) in [5, 5.41) is 2.39. The van der Waals surface area contributed by atoms with Crippen molar-refractivity contribution in [3.63, 3.8) is 0 Å². The molecule has 113 heavy (non-hydrogen) atoms. The van der Waals surface area contributed by atoms with Crippen molar-refractivity contribution in [2.45, 2.75) is 77.0 Å². The Hall–Kier alpha value is -13.1. The van der Waals surface area contributed by atoms with E-state index in [0.717, 1.165) is 55.9 Å². The van der Waals surface area contributed by atoms with Gasteiger partial charge in [0.05, 0.1) is 28.4 Å². The van der Waals surface area contributed by atoms with Crippen LogP contribution in [0.2, 0.25) is 0 Å². The van der Waals surface area contributed by atoms with Crippen LogP contribution in [0.25, 0.3) is 161 Å². The van der Waals surface area contributed by atoms with E-state index in [-0.39, 0.29) is 21.7 Å². The van der Waals surface area contributed by atoms with Gasteiger partial charge in [0, 0.05) is 55.1 Å². The van der Waals surface area contributed by atoms with E-state index in [4.69, 9.17) is 8.75 Å². The van der Waals surface area contributed by atoms with Gasteiger partial charge in [-0.3, -0.25) is 0 Å². The zero-order valence-electron chi connectivity index (χ0n) is 64.5. The van der Waals surface area contributed by atoms with Gasteiger partial charge in [0.1, 0.15) is 11.0 Å². The van der Waals surface area contributed by atoms with Crippen LogP contribution < -0.4 is 4.90 Å². The highest BCUT2D eigenvalue weighted by atomic mass is 32.1. The molecule has 0 amide bonds. The van der Waals surface area contributed by atoms with Crippen molar-refractivity contribution in [2.24, 2.45) is 0 Å². The first-order valence-electron chi connectivity index (χ1n) is 39.7. The Balaban J connectivity index is 0.616. The van der Waals surface area contributed by atoms with Crippen LogP contribution in [-0.4, -0.2) is 13.3 Å². The number of hydrogen-bond donors (Lipinski definition) is 0. The second-order valence-electron chi connectivity index (χ2n) is 33.7. The third-order valence-electron chi connectivity index (χ3n) is 26.2. The molecule has 2 aromatic heterocycles. The maximum Gasteiger partial charge on any atom is 0.129 e. The lowest BCUT2D eigenvalue weighted by Crippen LogP contribution is -2.14. The van der Waals surface area contributed by atoms with Gasteiger partial charge in [-0.25, -0.2) is 0 Å². The van der Waals surface area contributed by atoms with E-state index < -0.39 is 0 Å². The van der Waals surface area contributed by atoms with Gasteiger partial charge in [-0.05, 0) is 258 Å². The summed E-state index contributed by atoms with van der Waals surface area (Å²) in [6.07, 6.45) is 0. The summed E-state index contributed by atoms with van der Waals surface area (Å²) in [7, 11) is 0. The fraction of sp³-hybridized carbons (Fsp3) is 0.111. The molecule has 22 rings (SSSR count). The average Bonchev–Trinajstić information content (AvgIpc) is 1.62. The van der Waals surface area contributed by atoms with Crippen LogP contribution in [0, 0.1) is 0 Å². The van der Waals surface area contributed by atoms with E-state index >= 15 is 0 Å². The van der Waals surface area contributed by atoms with Gasteiger partial charge in [0.15, 0.2) is 0 Å². The summed E-state index contributed by atoms with van der Waals surface area (Å²) in [5.41, 5.74) is 45.9. The first-order valence-corrected chi connectivity index (χ1v) is 40.4. The molecular weight excluding hydrogens is 1390 g/mol. The highest BCUT2D eigenvalue weighted by Gasteiger charge is 2.40. The molecule has 0 atom stereocenters. The quantitative estimate of drug-likeness (QED) is 0.129. The Labute approximate surface area is 664 Å². The van der Waals surface area contributed by atoms with Crippen LogP contribution in [-0.2, 0) is 21.7 Å². The van der Waals surface area contributed by atoms with Crippen molar-refractivity contribution in [2.75, 3.05) is 4.90 Å². The van der Waals surface area contributed by atoms with Gasteiger partial charge in [-0.1, -0.05) is 298 Å². The minimum absolute atomic E-state index is 0.0706. The summed E-state index contributed by atoms with van der Waals surface area (Å²) < 4.78 is 12.8. The summed E-state index contributed by atoms with van der Waals surface area (Å²) in [5.74, 6) is 0. The second kappa shape index (κ2) is 24.7. The molecule has 5 heteroatoms. The molecule has 0 aliphatic heterocycles. The fourth-order valence-electron chi connectivity index (χ4n) is 20.0. The van der Waals surface area contributed by atoms with E-state index in [1.807, 2.05) is 0 Å². The molecule has 0 N–H and O–H groups in total. The fourth-order valence-corrected chi connectivity index (χ4v) is 20.6. The van der Waals surface area contributed by atoms with E-state index in [9.17, 15) is 0 Å². The molecule has 0 radical (unpaired) electrons. The lowest BCUT2D eigenvalue weighted by molar-refractivity contribution is 0.660. The van der Waals surface area contributed by atoms with E-state index in [1.54, 1.807) is 0 Å². The number of fused-ring (bicyclic) bond motifs is 16. The summed E-state index contributed by atoms with van der Waals surface area (Å²) in [6.45, 7) is 18.9. The smallest absolute Gasteiger partial charge is 0.129 e. The Morgan fingerprint density at radius 3 is 0.841 bits per heavy atom. The molecule has 4 nitrogen and oxygen atoms in total.